The average molecular weight is 264 g/mol. The van der Waals surface area contributed by atoms with Gasteiger partial charge in [-0.1, -0.05) is 30.3 Å². The molecule has 4 atom stereocenters. The smallest absolute Gasteiger partial charge is 0.0979 e. The van der Waals surface area contributed by atoms with Gasteiger partial charge in [-0.15, -0.1) is 0 Å². The first-order valence-electron chi connectivity index (χ1n) is 7.05. The van der Waals surface area contributed by atoms with Crippen LogP contribution >= 0.6 is 0 Å². The van der Waals surface area contributed by atoms with Gasteiger partial charge < -0.3 is 20.8 Å². The summed E-state index contributed by atoms with van der Waals surface area (Å²) in [6, 6.07) is 10.3. The largest absolute Gasteiger partial charge is 0.389 e. The van der Waals surface area contributed by atoms with Crippen molar-refractivity contribution in [3.8, 4) is 0 Å². The van der Waals surface area contributed by atoms with E-state index in [1.807, 2.05) is 13.0 Å². The van der Waals surface area contributed by atoms with Gasteiger partial charge in [0.25, 0.3) is 0 Å². The minimum absolute atomic E-state index is 0.0360. The second-order valence-electron chi connectivity index (χ2n) is 5.34. The third-order valence-corrected chi connectivity index (χ3v) is 3.78. The van der Waals surface area contributed by atoms with Gasteiger partial charge in [-0.05, 0) is 31.9 Å². The Balaban J connectivity index is 1.60. The highest BCUT2D eigenvalue weighted by Gasteiger charge is 2.37. The van der Waals surface area contributed by atoms with Crippen LogP contribution in [0.15, 0.2) is 30.3 Å². The molecular weight excluding hydrogens is 240 g/mol. The molecule has 1 aromatic rings. The van der Waals surface area contributed by atoms with E-state index < -0.39 is 12.2 Å². The van der Waals surface area contributed by atoms with Gasteiger partial charge in [0.15, 0.2) is 0 Å². The van der Waals surface area contributed by atoms with Gasteiger partial charge in [-0.2, -0.15) is 0 Å². The molecule has 0 spiro atoms. The van der Waals surface area contributed by atoms with E-state index in [9.17, 15) is 10.2 Å². The summed E-state index contributed by atoms with van der Waals surface area (Å²) in [6.45, 7) is 3.50. The minimum atomic E-state index is -0.670. The third-order valence-electron chi connectivity index (χ3n) is 3.78. The lowest BCUT2D eigenvalue weighted by Gasteiger charge is -2.16. The molecule has 106 valence electrons. The first-order chi connectivity index (χ1) is 9.18. The quantitative estimate of drug-likeness (QED) is 0.558. The molecule has 0 bridgehead atoms. The van der Waals surface area contributed by atoms with Crippen molar-refractivity contribution in [1.29, 1.82) is 0 Å². The number of aliphatic hydroxyl groups is 2. The molecule has 1 heterocycles. The first kappa shape index (κ1) is 14.5. The number of benzene rings is 1. The van der Waals surface area contributed by atoms with Crippen molar-refractivity contribution >= 4 is 0 Å². The molecule has 1 aliphatic heterocycles. The van der Waals surface area contributed by atoms with Crippen LogP contribution in [0.5, 0.6) is 0 Å². The van der Waals surface area contributed by atoms with Crippen LogP contribution in [0.2, 0.25) is 0 Å². The number of nitrogens with one attached hydrogen (secondary N) is 2. The van der Waals surface area contributed by atoms with Crippen LogP contribution in [-0.4, -0.2) is 47.6 Å². The van der Waals surface area contributed by atoms with Gasteiger partial charge >= 0.3 is 0 Å². The molecule has 0 saturated carbocycles. The molecule has 1 aliphatic rings. The summed E-state index contributed by atoms with van der Waals surface area (Å²) in [4.78, 5) is 0. The summed E-state index contributed by atoms with van der Waals surface area (Å²) in [7, 11) is 0. The van der Waals surface area contributed by atoms with Crippen molar-refractivity contribution in [2.45, 2.75) is 44.1 Å². The molecule has 1 saturated heterocycles. The monoisotopic (exact) mass is 264 g/mol. The van der Waals surface area contributed by atoms with Crippen LogP contribution < -0.4 is 10.6 Å². The molecule has 1 fully saturated rings. The Bertz CT molecular complexity index is 372. The number of aliphatic hydroxyl groups excluding tert-OH is 2. The lowest BCUT2D eigenvalue weighted by atomic mass is 10.1. The Hall–Kier alpha value is -0.940. The van der Waals surface area contributed by atoms with E-state index in [4.69, 9.17) is 0 Å². The summed E-state index contributed by atoms with van der Waals surface area (Å²) in [5.41, 5.74) is 1.35. The molecule has 4 N–H and O–H groups in total. The van der Waals surface area contributed by atoms with Crippen molar-refractivity contribution < 1.29 is 10.2 Å². The molecule has 0 unspecified atom stereocenters. The maximum Gasteiger partial charge on any atom is 0.0979 e. The topological polar surface area (TPSA) is 64.5 Å². The summed E-state index contributed by atoms with van der Waals surface area (Å²) in [5, 5.41) is 26.0. The van der Waals surface area contributed by atoms with Gasteiger partial charge in [0.2, 0.25) is 0 Å². The minimum Gasteiger partial charge on any atom is -0.389 e. The van der Waals surface area contributed by atoms with Crippen LogP contribution in [0.3, 0.4) is 0 Å². The Morgan fingerprint density at radius 1 is 1.16 bits per heavy atom. The molecular formula is C15H24N2O2. The molecule has 19 heavy (non-hydrogen) atoms. The third kappa shape index (κ3) is 4.01. The highest BCUT2D eigenvalue weighted by atomic mass is 16.3. The number of hydrogen-bond acceptors (Lipinski definition) is 4. The maximum absolute atomic E-state index is 9.81. The predicted molar refractivity (Wildman–Crippen MR) is 76.0 cm³/mol. The lowest BCUT2D eigenvalue weighted by Crippen LogP contribution is -2.42. The maximum atomic E-state index is 9.81. The Labute approximate surface area is 114 Å². The fraction of sp³-hybridized carbons (Fsp3) is 0.600. The Kier molecular flexibility index (Phi) is 5.34. The van der Waals surface area contributed by atoms with Gasteiger partial charge in [0, 0.05) is 18.6 Å². The molecule has 1 aromatic carbocycles. The number of aryl methyl sites for hydroxylation is 1. The van der Waals surface area contributed by atoms with Crippen molar-refractivity contribution in [3.05, 3.63) is 35.9 Å². The molecule has 4 heteroatoms. The Morgan fingerprint density at radius 2 is 1.89 bits per heavy atom. The zero-order valence-corrected chi connectivity index (χ0v) is 11.4. The van der Waals surface area contributed by atoms with Crippen molar-refractivity contribution in [1.82, 2.24) is 10.6 Å². The fourth-order valence-corrected chi connectivity index (χ4v) is 2.57. The summed E-state index contributed by atoms with van der Waals surface area (Å²) >= 11 is 0. The van der Waals surface area contributed by atoms with E-state index in [0.29, 0.717) is 6.54 Å². The van der Waals surface area contributed by atoms with E-state index in [0.717, 1.165) is 19.4 Å². The first-order valence-corrected chi connectivity index (χ1v) is 7.05. The zero-order valence-electron chi connectivity index (χ0n) is 11.4. The molecule has 0 aromatic heterocycles. The Morgan fingerprint density at radius 3 is 2.53 bits per heavy atom. The van der Waals surface area contributed by atoms with E-state index in [1.54, 1.807) is 0 Å². The molecule has 0 aliphatic carbocycles. The van der Waals surface area contributed by atoms with E-state index in [1.165, 1.54) is 5.56 Å². The van der Waals surface area contributed by atoms with Gasteiger partial charge in [-0.3, -0.25) is 0 Å². The van der Waals surface area contributed by atoms with Gasteiger partial charge in [0.05, 0.1) is 12.2 Å². The molecule has 0 amide bonds. The molecule has 0 radical (unpaired) electrons. The number of rotatable bonds is 6. The van der Waals surface area contributed by atoms with Crippen molar-refractivity contribution in [2.75, 3.05) is 13.1 Å². The highest BCUT2D eigenvalue weighted by molar-refractivity contribution is 5.14. The lowest BCUT2D eigenvalue weighted by molar-refractivity contribution is 0.0304. The van der Waals surface area contributed by atoms with Crippen LogP contribution in [0.25, 0.3) is 0 Å². The van der Waals surface area contributed by atoms with E-state index >= 15 is 0 Å². The second kappa shape index (κ2) is 7.01. The number of hydrogen-bond donors (Lipinski definition) is 4. The van der Waals surface area contributed by atoms with Gasteiger partial charge in [0.1, 0.15) is 0 Å². The zero-order chi connectivity index (χ0) is 13.7. The van der Waals surface area contributed by atoms with Crippen LogP contribution in [-0.2, 0) is 6.42 Å². The van der Waals surface area contributed by atoms with Crippen LogP contribution in [0, 0.1) is 0 Å². The van der Waals surface area contributed by atoms with Crippen molar-refractivity contribution in [2.24, 2.45) is 0 Å². The fourth-order valence-electron chi connectivity index (χ4n) is 2.57. The van der Waals surface area contributed by atoms with Gasteiger partial charge in [-0.25, -0.2) is 0 Å². The normalized spacial score (nSPS) is 30.7. The highest BCUT2D eigenvalue weighted by Crippen LogP contribution is 2.13. The summed E-state index contributed by atoms with van der Waals surface area (Å²) in [6.07, 6.45) is 0.811. The second-order valence-corrected chi connectivity index (χ2v) is 5.34. The van der Waals surface area contributed by atoms with E-state index in [-0.39, 0.29) is 12.1 Å². The predicted octanol–water partition coefficient (Wildman–Crippen LogP) is 0.291. The van der Waals surface area contributed by atoms with E-state index in [2.05, 4.69) is 34.9 Å². The van der Waals surface area contributed by atoms with Crippen molar-refractivity contribution in [3.63, 3.8) is 0 Å². The van der Waals surface area contributed by atoms with Crippen LogP contribution in [0.1, 0.15) is 18.9 Å². The van der Waals surface area contributed by atoms with Crippen LogP contribution in [0.4, 0.5) is 0 Å². The summed E-state index contributed by atoms with van der Waals surface area (Å²) in [5.74, 6) is 0. The summed E-state index contributed by atoms with van der Waals surface area (Å²) < 4.78 is 0. The SMILES string of the molecule is C[C@@H]1N[C@@H](CNCCCc2ccccc2)[C@H](O)[C@@H]1O. The average Bonchev–Trinajstić information content (AvgIpc) is 2.67. The molecule has 4 nitrogen and oxygen atoms in total. The molecule has 2 rings (SSSR count). The standard InChI is InChI=1S/C15H24N2O2/c1-11-14(18)15(19)13(17-11)10-16-9-5-8-12-6-3-2-4-7-12/h2-4,6-7,11,13-19H,5,8-10H2,1H3/t11-,13-,14+,15-/m0/s1.